The molecule has 1 aliphatic heterocycles. The summed E-state index contributed by atoms with van der Waals surface area (Å²) in [4.78, 5) is 16.5. The highest BCUT2D eigenvalue weighted by Crippen LogP contribution is 2.56. The highest BCUT2D eigenvalue weighted by Gasteiger charge is 2.47. The summed E-state index contributed by atoms with van der Waals surface area (Å²) >= 11 is 0. The normalized spacial score (nSPS) is 22.6. The molecule has 0 spiro atoms. The molecule has 0 aromatic heterocycles. The molecule has 1 saturated carbocycles. The van der Waals surface area contributed by atoms with E-state index in [4.69, 9.17) is 9.57 Å². The summed E-state index contributed by atoms with van der Waals surface area (Å²) in [6.45, 7) is 15.1. The lowest BCUT2D eigenvalue weighted by Crippen LogP contribution is -2.46. The maximum absolute atomic E-state index is 11.3. The van der Waals surface area contributed by atoms with E-state index in [0.29, 0.717) is 5.75 Å². The first-order valence-corrected chi connectivity index (χ1v) is 11.4. The monoisotopic (exact) mass is 415 g/mol. The maximum Gasteiger partial charge on any atom is 0.299 e. The second kappa shape index (κ2) is 8.60. The van der Waals surface area contributed by atoms with Gasteiger partial charge >= 0.3 is 0 Å². The van der Waals surface area contributed by atoms with Crippen LogP contribution in [-0.2, 0) is 5.41 Å². The largest absolute Gasteiger partial charge is 0.487 e. The number of hydrogen-bond acceptors (Lipinski definition) is 4. The van der Waals surface area contributed by atoms with Gasteiger partial charge in [-0.1, -0.05) is 58.6 Å². The van der Waals surface area contributed by atoms with Gasteiger partial charge in [-0.15, -0.1) is 10.1 Å². The van der Waals surface area contributed by atoms with E-state index >= 15 is 0 Å². The summed E-state index contributed by atoms with van der Waals surface area (Å²) in [6.07, 6.45) is 8.61. The smallest absolute Gasteiger partial charge is 0.299 e. The van der Waals surface area contributed by atoms with Crippen molar-refractivity contribution in [1.82, 2.24) is 0 Å². The zero-order valence-electron chi connectivity index (χ0n) is 19.3. The molecule has 0 bridgehead atoms. The number of unbranched alkanes of at least 4 members (excludes halogenated alkanes) is 3. The Labute approximate surface area is 180 Å². The van der Waals surface area contributed by atoms with Crippen LogP contribution in [0.2, 0.25) is 0 Å². The Morgan fingerprint density at radius 2 is 2.03 bits per heavy atom. The van der Waals surface area contributed by atoms with Crippen molar-refractivity contribution in [3.05, 3.63) is 45.5 Å². The van der Waals surface area contributed by atoms with Crippen molar-refractivity contribution in [1.29, 1.82) is 0 Å². The zero-order valence-corrected chi connectivity index (χ0v) is 19.3. The van der Waals surface area contributed by atoms with E-state index in [1.807, 2.05) is 6.07 Å². The second-order valence-electron chi connectivity index (χ2n) is 10.3. The Hall–Kier alpha value is -2.04. The first-order valence-electron chi connectivity index (χ1n) is 11.4. The van der Waals surface area contributed by atoms with E-state index in [1.165, 1.54) is 24.8 Å². The molecule has 0 radical (unpaired) electrons. The van der Waals surface area contributed by atoms with Gasteiger partial charge in [0.05, 0.1) is 0 Å². The second-order valence-corrected chi connectivity index (χ2v) is 10.3. The molecule has 0 amide bonds. The first kappa shape index (κ1) is 22.6. The highest BCUT2D eigenvalue weighted by atomic mass is 17.0. The molecule has 1 fully saturated rings. The molecule has 5 heteroatoms. The Balaban J connectivity index is 2.04. The maximum atomic E-state index is 11.3. The molecule has 0 saturated heterocycles. The van der Waals surface area contributed by atoms with Crippen LogP contribution in [0, 0.1) is 16.0 Å². The fraction of sp³-hybridized carbons (Fsp3) is 0.680. The fourth-order valence-corrected chi connectivity index (χ4v) is 5.35. The average Bonchev–Trinajstić information content (AvgIpc) is 2.63. The van der Waals surface area contributed by atoms with E-state index in [-0.39, 0.29) is 22.9 Å². The molecule has 1 heterocycles. The third kappa shape index (κ3) is 4.65. The Morgan fingerprint density at radius 3 is 2.70 bits per heavy atom. The van der Waals surface area contributed by atoms with Crippen LogP contribution in [0.3, 0.4) is 0 Å². The zero-order chi connectivity index (χ0) is 22.1. The van der Waals surface area contributed by atoms with Crippen LogP contribution in [0.1, 0.15) is 103 Å². The molecular formula is C25H37NO4. The quantitative estimate of drug-likeness (QED) is 0.196. The van der Waals surface area contributed by atoms with Crippen molar-refractivity contribution >= 4 is 0 Å². The molecule has 2 aliphatic rings. The third-order valence-corrected chi connectivity index (χ3v) is 7.15. The Kier molecular flexibility index (Phi) is 6.49. The number of ether oxygens (including phenoxy) is 1. The van der Waals surface area contributed by atoms with Crippen molar-refractivity contribution in [2.24, 2.45) is 5.92 Å². The van der Waals surface area contributed by atoms with Crippen molar-refractivity contribution in [3.63, 3.8) is 0 Å². The van der Waals surface area contributed by atoms with Crippen LogP contribution < -0.4 is 9.57 Å². The predicted molar refractivity (Wildman–Crippen MR) is 120 cm³/mol. The van der Waals surface area contributed by atoms with Crippen molar-refractivity contribution in [2.45, 2.75) is 103 Å². The van der Waals surface area contributed by atoms with Crippen LogP contribution >= 0.6 is 0 Å². The van der Waals surface area contributed by atoms with E-state index < -0.39 is 5.09 Å². The molecule has 5 nitrogen and oxygen atoms in total. The fourth-order valence-electron chi connectivity index (χ4n) is 5.35. The third-order valence-electron chi connectivity index (χ3n) is 7.15. The summed E-state index contributed by atoms with van der Waals surface area (Å²) in [6, 6.07) is 3.99. The van der Waals surface area contributed by atoms with E-state index in [0.717, 1.165) is 49.0 Å². The first-order chi connectivity index (χ1) is 14.0. The van der Waals surface area contributed by atoms with Crippen LogP contribution in [0.15, 0.2) is 24.3 Å². The van der Waals surface area contributed by atoms with Crippen molar-refractivity contribution in [3.8, 4) is 11.5 Å². The molecular weight excluding hydrogens is 378 g/mol. The van der Waals surface area contributed by atoms with E-state index in [1.54, 1.807) is 0 Å². The Morgan fingerprint density at radius 1 is 1.30 bits per heavy atom. The summed E-state index contributed by atoms with van der Waals surface area (Å²) in [5.74, 6) is 1.51. The summed E-state index contributed by atoms with van der Waals surface area (Å²) < 4.78 is 6.49. The lowest BCUT2D eigenvalue weighted by atomic mass is 9.65. The van der Waals surface area contributed by atoms with Gasteiger partial charge in [0.2, 0.25) is 0 Å². The number of rotatable bonds is 8. The number of allylic oxidation sites excluding steroid dienone is 1. The highest BCUT2D eigenvalue weighted by molar-refractivity contribution is 5.54. The molecule has 0 N–H and O–H groups in total. The van der Waals surface area contributed by atoms with Gasteiger partial charge in [-0.25, -0.2) is 0 Å². The molecule has 1 aromatic rings. The lowest BCUT2D eigenvalue weighted by Gasteiger charge is -2.48. The average molecular weight is 416 g/mol. The van der Waals surface area contributed by atoms with Crippen molar-refractivity contribution in [2.75, 3.05) is 0 Å². The molecule has 166 valence electrons. The summed E-state index contributed by atoms with van der Waals surface area (Å²) in [5.41, 5.74) is 2.65. The van der Waals surface area contributed by atoms with Gasteiger partial charge in [0, 0.05) is 17.4 Å². The molecule has 0 unspecified atom stereocenters. The van der Waals surface area contributed by atoms with Gasteiger partial charge in [-0.05, 0) is 62.6 Å². The standard InChI is InChI=1S/C25H37NO4/c1-7-8-9-10-13-24(3,4)18-15-21-23(22(16-18)30-26(27)28)19-14-17(2)11-12-20(19)25(5,6)29-21/h15-16,19-20H,2,7-14H2,1,3-6H3/t19-,20-/m1/s1. The SMILES string of the molecule is C=C1CC[C@@H]2[C@@H](C1)c1c(O[N+](=O)[O-])cc(C(C)(C)CCCCCC)cc1OC2(C)C. The summed E-state index contributed by atoms with van der Waals surface area (Å²) in [5, 5.41) is 10.6. The molecule has 30 heavy (non-hydrogen) atoms. The minimum atomic E-state index is -0.694. The van der Waals surface area contributed by atoms with Crippen LogP contribution in [-0.4, -0.2) is 10.7 Å². The van der Waals surface area contributed by atoms with Gasteiger partial charge in [0.15, 0.2) is 0 Å². The lowest BCUT2D eigenvalue weighted by molar-refractivity contribution is -0.711. The van der Waals surface area contributed by atoms with E-state index in [9.17, 15) is 10.1 Å². The van der Waals surface area contributed by atoms with Crippen LogP contribution in [0.5, 0.6) is 11.5 Å². The number of benzene rings is 1. The van der Waals surface area contributed by atoms with Crippen molar-refractivity contribution < 1.29 is 14.7 Å². The number of nitrogens with zero attached hydrogens (tertiary/aromatic N) is 1. The van der Waals surface area contributed by atoms with Gasteiger partial charge in [-0.2, -0.15) is 0 Å². The topological polar surface area (TPSA) is 61.6 Å². The Bertz CT molecular complexity index is 812. The van der Waals surface area contributed by atoms with Gasteiger partial charge in [0.1, 0.15) is 17.1 Å². The van der Waals surface area contributed by atoms with E-state index in [2.05, 4.69) is 47.3 Å². The van der Waals surface area contributed by atoms with Crippen LogP contribution in [0.4, 0.5) is 0 Å². The molecule has 1 aromatic carbocycles. The minimum Gasteiger partial charge on any atom is -0.487 e. The van der Waals surface area contributed by atoms with Gasteiger partial charge in [0.25, 0.3) is 5.09 Å². The summed E-state index contributed by atoms with van der Waals surface area (Å²) in [7, 11) is 0. The minimum absolute atomic E-state index is 0.113. The molecule has 3 rings (SSSR count). The number of fused-ring (bicyclic) bond motifs is 3. The van der Waals surface area contributed by atoms with Gasteiger partial charge in [-0.3, -0.25) is 4.84 Å². The van der Waals surface area contributed by atoms with Gasteiger partial charge < -0.3 is 4.74 Å². The molecule has 2 atom stereocenters. The van der Waals surface area contributed by atoms with Crippen LogP contribution in [0.25, 0.3) is 0 Å². The number of hydrogen-bond donors (Lipinski definition) is 0. The predicted octanol–water partition coefficient (Wildman–Crippen LogP) is 7.12. The molecule has 1 aliphatic carbocycles.